The molecule has 0 radical (unpaired) electrons. The van der Waals surface area contributed by atoms with Gasteiger partial charge in [0.05, 0.1) is 28.8 Å². The zero-order chi connectivity index (χ0) is 20.3. The topological polar surface area (TPSA) is 38.8 Å². The van der Waals surface area contributed by atoms with Crippen molar-refractivity contribution in [1.82, 2.24) is 0 Å². The first kappa shape index (κ1) is 20.6. The van der Waals surface area contributed by atoms with Crippen molar-refractivity contribution in [2.45, 2.75) is 13.8 Å². The number of ether oxygens (including phenoxy) is 2. The smallest absolute Gasteiger partial charge is 0.270 e. The van der Waals surface area contributed by atoms with E-state index in [2.05, 4.69) is 0 Å². The van der Waals surface area contributed by atoms with E-state index in [1.165, 1.54) is 23.1 Å². The summed E-state index contributed by atoms with van der Waals surface area (Å²) in [5, 5.41) is 0.389. The van der Waals surface area contributed by atoms with Crippen LogP contribution in [0.4, 0.5) is 10.1 Å². The predicted molar refractivity (Wildman–Crippen MR) is 116 cm³/mol. The van der Waals surface area contributed by atoms with E-state index in [1.54, 1.807) is 24.3 Å². The lowest BCUT2D eigenvalue weighted by atomic mass is 10.1. The number of carbonyl (C=O) groups is 1. The summed E-state index contributed by atoms with van der Waals surface area (Å²) in [7, 11) is 0. The first-order chi connectivity index (χ1) is 13.4. The van der Waals surface area contributed by atoms with Gasteiger partial charge in [-0.05, 0) is 55.8 Å². The zero-order valence-electron chi connectivity index (χ0n) is 15.2. The molecule has 2 aromatic rings. The average molecular weight is 438 g/mol. The van der Waals surface area contributed by atoms with Crippen LogP contribution < -0.4 is 14.4 Å². The number of thiocarbonyl (C=S) groups is 1. The van der Waals surface area contributed by atoms with Gasteiger partial charge in [0, 0.05) is 0 Å². The molecule has 1 aliphatic rings. The van der Waals surface area contributed by atoms with Crippen LogP contribution in [-0.4, -0.2) is 23.4 Å². The van der Waals surface area contributed by atoms with Crippen LogP contribution >= 0.6 is 35.6 Å². The van der Waals surface area contributed by atoms with Gasteiger partial charge >= 0.3 is 0 Å². The van der Waals surface area contributed by atoms with Gasteiger partial charge in [-0.1, -0.05) is 41.6 Å². The summed E-state index contributed by atoms with van der Waals surface area (Å²) >= 11 is 12.8. The normalized spacial score (nSPS) is 15.4. The van der Waals surface area contributed by atoms with Gasteiger partial charge in [0.25, 0.3) is 5.91 Å². The Morgan fingerprint density at radius 1 is 1.21 bits per heavy atom. The minimum atomic E-state index is -0.435. The molecule has 0 aromatic heterocycles. The molecule has 28 heavy (non-hydrogen) atoms. The third-order valence-corrected chi connectivity index (χ3v) is 5.36. The molecule has 0 bridgehead atoms. The van der Waals surface area contributed by atoms with Crippen LogP contribution in [0.3, 0.4) is 0 Å². The standard InChI is InChI=1S/C20H17ClFNO3S2/c1-3-25-16-9-12(8-15(21)18(16)26-4-2)10-17-19(24)23(20(27)28-17)14-7-5-6-13(22)11-14/h5-11H,3-4H2,1-2H3/b17-10-. The van der Waals surface area contributed by atoms with Crippen molar-refractivity contribution >= 4 is 57.6 Å². The molecule has 1 aliphatic heterocycles. The van der Waals surface area contributed by atoms with Crippen LogP contribution in [0.5, 0.6) is 11.5 Å². The average Bonchev–Trinajstić information content (AvgIpc) is 2.91. The number of anilines is 1. The summed E-state index contributed by atoms with van der Waals surface area (Å²) in [5.41, 5.74) is 1.07. The van der Waals surface area contributed by atoms with Gasteiger partial charge in [0.15, 0.2) is 15.8 Å². The van der Waals surface area contributed by atoms with E-state index >= 15 is 0 Å². The summed E-state index contributed by atoms with van der Waals surface area (Å²) in [6, 6.07) is 9.22. The van der Waals surface area contributed by atoms with Crippen LogP contribution in [0.2, 0.25) is 5.02 Å². The zero-order valence-corrected chi connectivity index (χ0v) is 17.6. The third kappa shape index (κ3) is 4.32. The van der Waals surface area contributed by atoms with Gasteiger partial charge in [0.1, 0.15) is 5.82 Å². The molecule has 3 rings (SSSR count). The molecule has 1 saturated heterocycles. The molecule has 0 N–H and O–H groups in total. The predicted octanol–water partition coefficient (Wildman–Crippen LogP) is 5.68. The molecule has 4 nitrogen and oxygen atoms in total. The number of thioether (sulfide) groups is 1. The lowest BCUT2D eigenvalue weighted by Gasteiger charge is -2.14. The van der Waals surface area contributed by atoms with E-state index in [9.17, 15) is 9.18 Å². The monoisotopic (exact) mass is 437 g/mol. The van der Waals surface area contributed by atoms with Crippen molar-refractivity contribution in [3.8, 4) is 11.5 Å². The Bertz CT molecular complexity index is 964. The molecule has 1 amide bonds. The van der Waals surface area contributed by atoms with Crippen LogP contribution in [0.25, 0.3) is 6.08 Å². The highest BCUT2D eigenvalue weighted by atomic mass is 35.5. The van der Waals surface area contributed by atoms with Gasteiger partial charge in [-0.3, -0.25) is 9.69 Å². The molecule has 2 aromatic carbocycles. The van der Waals surface area contributed by atoms with Gasteiger partial charge in [-0.15, -0.1) is 0 Å². The largest absolute Gasteiger partial charge is 0.490 e. The van der Waals surface area contributed by atoms with Crippen molar-refractivity contribution in [2.75, 3.05) is 18.1 Å². The maximum absolute atomic E-state index is 13.5. The number of rotatable bonds is 6. The van der Waals surface area contributed by atoms with Gasteiger partial charge in [-0.25, -0.2) is 4.39 Å². The number of halogens is 2. The van der Waals surface area contributed by atoms with Crippen LogP contribution in [0, 0.1) is 5.82 Å². The van der Waals surface area contributed by atoms with E-state index in [0.29, 0.717) is 50.2 Å². The highest BCUT2D eigenvalue weighted by molar-refractivity contribution is 8.27. The summed E-state index contributed by atoms with van der Waals surface area (Å²) < 4.78 is 25.0. The second-order valence-electron chi connectivity index (χ2n) is 5.69. The summed E-state index contributed by atoms with van der Waals surface area (Å²) in [6.07, 6.45) is 1.68. The van der Waals surface area contributed by atoms with Crippen molar-refractivity contribution in [3.63, 3.8) is 0 Å². The Labute approximate surface area is 177 Å². The second kappa shape index (κ2) is 8.94. The maximum atomic E-state index is 13.5. The molecule has 0 spiro atoms. The van der Waals surface area contributed by atoms with Crippen LogP contribution in [0.15, 0.2) is 41.3 Å². The van der Waals surface area contributed by atoms with E-state index in [0.717, 1.165) is 11.8 Å². The van der Waals surface area contributed by atoms with Gasteiger partial charge in [-0.2, -0.15) is 0 Å². The van der Waals surface area contributed by atoms with Crippen molar-refractivity contribution in [3.05, 3.63) is 57.7 Å². The molecule has 0 aliphatic carbocycles. The number of hydrogen-bond acceptors (Lipinski definition) is 5. The second-order valence-corrected chi connectivity index (χ2v) is 7.78. The molecule has 146 valence electrons. The Kier molecular flexibility index (Phi) is 6.59. The van der Waals surface area contributed by atoms with Crippen molar-refractivity contribution in [2.24, 2.45) is 0 Å². The lowest BCUT2D eigenvalue weighted by Crippen LogP contribution is -2.27. The quantitative estimate of drug-likeness (QED) is 0.429. The summed E-state index contributed by atoms with van der Waals surface area (Å²) in [5.74, 6) is 0.220. The fourth-order valence-corrected chi connectivity index (χ4v) is 4.25. The first-order valence-corrected chi connectivity index (χ1v) is 10.2. The maximum Gasteiger partial charge on any atom is 0.270 e. The number of carbonyl (C=O) groups excluding carboxylic acids is 1. The summed E-state index contributed by atoms with van der Waals surface area (Å²) in [6.45, 7) is 4.62. The first-order valence-electron chi connectivity index (χ1n) is 8.57. The Morgan fingerprint density at radius 2 is 1.96 bits per heavy atom. The minimum absolute atomic E-state index is 0.316. The Morgan fingerprint density at radius 3 is 2.64 bits per heavy atom. The SMILES string of the molecule is CCOc1cc(/C=C2\SC(=S)N(c3cccc(F)c3)C2=O)cc(Cl)c1OCC. The Hall–Kier alpha value is -2.09. The molecular weight excluding hydrogens is 421 g/mol. The minimum Gasteiger partial charge on any atom is -0.490 e. The highest BCUT2D eigenvalue weighted by Gasteiger charge is 2.33. The number of nitrogens with zero attached hydrogens (tertiary/aromatic N) is 1. The van der Waals surface area contributed by atoms with E-state index < -0.39 is 5.82 Å². The van der Waals surface area contributed by atoms with E-state index in [1.807, 2.05) is 13.8 Å². The fraction of sp³-hybridized carbons (Fsp3) is 0.200. The van der Waals surface area contributed by atoms with E-state index in [4.69, 9.17) is 33.3 Å². The molecule has 0 atom stereocenters. The fourth-order valence-electron chi connectivity index (χ4n) is 2.68. The molecule has 0 saturated carbocycles. The van der Waals surface area contributed by atoms with Crippen molar-refractivity contribution < 1.29 is 18.7 Å². The van der Waals surface area contributed by atoms with Crippen LogP contribution in [-0.2, 0) is 4.79 Å². The highest BCUT2D eigenvalue weighted by Crippen LogP contribution is 2.40. The van der Waals surface area contributed by atoms with Gasteiger partial charge < -0.3 is 9.47 Å². The number of hydrogen-bond donors (Lipinski definition) is 0. The number of amides is 1. The molecule has 0 unspecified atom stereocenters. The molecule has 1 fully saturated rings. The number of benzene rings is 2. The van der Waals surface area contributed by atoms with Crippen LogP contribution in [0.1, 0.15) is 19.4 Å². The Balaban J connectivity index is 1.95. The van der Waals surface area contributed by atoms with Gasteiger partial charge in [0.2, 0.25) is 0 Å². The lowest BCUT2D eigenvalue weighted by molar-refractivity contribution is -0.113. The molecule has 8 heteroatoms. The molecule has 1 heterocycles. The molecular formula is C20H17ClFNO3S2. The van der Waals surface area contributed by atoms with Crippen molar-refractivity contribution in [1.29, 1.82) is 0 Å². The van der Waals surface area contributed by atoms with E-state index in [-0.39, 0.29) is 5.91 Å². The summed E-state index contributed by atoms with van der Waals surface area (Å²) in [4.78, 5) is 14.6. The third-order valence-electron chi connectivity index (χ3n) is 3.78.